The summed E-state index contributed by atoms with van der Waals surface area (Å²) < 4.78 is 39.0. The van der Waals surface area contributed by atoms with Crippen LogP contribution in [-0.2, 0) is 24.9 Å². The van der Waals surface area contributed by atoms with Crippen LogP contribution in [-0.4, -0.2) is 7.25 Å². The van der Waals surface area contributed by atoms with Gasteiger partial charge in [-0.3, -0.25) is 0 Å². The monoisotopic (exact) mass is 1030 g/mol. The van der Waals surface area contributed by atoms with Gasteiger partial charge in [0.15, 0.2) is 0 Å². The summed E-state index contributed by atoms with van der Waals surface area (Å²) >= 11 is 0. The Balaban J connectivity index is 0.000000171. The Morgan fingerprint density at radius 1 is 0.353 bits per heavy atom. The molecular weight excluding hydrogens is 970 g/mol. The summed E-state index contributed by atoms with van der Waals surface area (Å²) in [6.45, 7) is 2.30. The molecule has 2 aliphatic carbocycles. The SMILES string of the molecule is CC1[CH][CH][CH]C(c2ccccc2)(c2ccccc2)C1.F[B-](F)(F)F.[CH]1[CH][CH][CH][CH]1.[Ru+3].c1ccc(P(c2ccccc2)c2ccccc2)cc1.c1ccc(P(c2ccccc2)c2ccccc2)cc1. The minimum atomic E-state index is -6.00. The topological polar surface area (TPSA) is 0 Å². The van der Waals surface area contributed by atoms with Crippen molar-refractivity contribution >= 4 is 54.9 Å². The number of halogens is 4. The number of benzene rings is 8. The van der Waals surface area contributed by atoms with Crippen LogP contribution in [0.5, 0.6) is 0 Å². The molecule has 8 aromatic carbocycles. The molecule has 0 heterocycles. The van der Waals surface area contributed by atoms with E-state index in [1.165, 1.54) is 43.0 Å². The summed E-state index contributed by atoms with van der Waals surface area (Å²) in [4.78, 5) is 0. The maximum Gasteiger partial charge on any atom is 3.00 e. The molecule has 8 aromatic rings. The molecule has 1 unspecified atom stereocenters. The molecule has 0 spiro atoms. The van der Waals surface area contributed by atoms with Crippen molar-refractivity contribution in [1.82, 2.24) is 0 Å². The molecule has 0 aliphatic heterocycles. The molecule has 2 aliphatic rings. The van der Waals surface area contributed by atoms with Crippen molar-refractivity contribution in [1.29, 1.82) is 0 Å². The fourth-order valence-corrected chi connectivity index (χ4v) is 12.4. The third-order valence-electron chi connectivity index (χ3n) is 10.7. The van der Waals surface area contributed by atoms with E-state index in [0.717, 1.165) is 6.42 Å². The first kappa shape index (κ1) is 54.0. The van der Waals surface area contributed by atoms with Crippen LogP contribution in [0.15, 0.2) is 243 Å². The van der Waals surface area contributed by atoms with E-state index in [-0.39, 0.29) is 24.9 Å². The maximum absolute atomic E-state index is 9.75. The van der Waals surface area contributed by atoms with Crippen LogP contribution in [0.2, 0.25) is 0 Å². The molecule has 1 atom stereocenters. The van der Waals surface area contributed by atoms with Crippen LogP contribution in [0.25, 0.3) is 0 Å². The normalized spacial score (nSPS) is 14.7. The van der Waals surface area contributed by atoms with E-state index >= 15 is 0 Å². The molecule has 8 heteroatoms. The Morgan fingerprint density at radius 3 is 0.765 bits per heavy atom. The second kappa shape index (κ2) is 29.1. The first-order valence-corrected chi connectivity index (χ1v) is 25.0. The Hall–Kier alpha value is -4.97. The average molecular weight is 1020 g/mol. The van der Waals surface area contributed by atoms with E-state index in [9.17, 15) is 17.3 Å². The minimum absolute atomic E-state index is 0. The van der Waals surface area contributed by atoms with Gasteiger partial charge in [0.2, 0.25) is 0 Å². The van der Waals surface area contributed by atoms with Crippen molar-refractivity contribution in [3.8, 4) is 0 Å². The standard InChI is InChI=1S/C19H19.2C18H15P.C5H5.BF4.Ru/c1-16-9-8-14-19(15-16,17-10-4-2-5-11-17)18-12-6-3-7-13-18;2*1-4-10-16(11-5-1)19(17-12-6-2-7-13-17)18-14-8-3-9-15-18;1-2-4-5-3-1;2-1(3,4)5;/h2-14,16H,15H2,1H3;2*1-15H;1-5H;;/q;;;;-1;+3. The summed E-state index contributed by atoms with van der Waals surface area (Å²) in [7, 11) is -6.89. The first-order valence-electron chi connectivity index (χ1n) is 22.3. The zero-order valence-corrected chi connectivity index (χ0v) is 41.4. The molecule has 0 N–H and O–H groups in total. The number of hydrogen-bond acceptors (Lipinski definition) is 0. The zero-order chi connectivity index (χ0) is 47.0. The van der Waals surface area contributed by atoms with Crippen LogP contribution in [0.1, 0.15) is 24.5 Å². The molecule has 2 saturated carbocycles. The second-order valence-electron chi connectivity index (χ2n) is 15.6. The van der Waals surface area contributed by atoms with Gasteiger partial charge in [0, 0.05) is 5.41 Å². The van der Waals surface area contributed by atoms with Crippen molar-refractivity contribution in [2.24, 2.45) is 5.92 Å². The van der Waals surface area contributed by atoms with Crippen molar-refractivity contribution in [3.63, 3.8) is 0 Å². The summed E-state index contributed by atoms with van der Waals surface area (Å²) in [5, 5.41) is 8.39. The molecule has 10 rings (SSSR count). The van der Waals surface area contributed by atoms with E-state index in [1.54, 1.807) is 0 Å². The Morgan fingerprint density at radius 2 is 0.559 bits per heavy atom. The number of hydrogen-bond donors (Lipinski definition) is 0. The van der Waals surface area contributed by atoms with Crippen molar-refractivity contribution in [3.05, 3.63) is 305 Å². The molecular formula is C60H54BF4P2Ru+2. The predicted octanol–water partition coefficient (Wildman–Crippen LogP) is 13.8. The second-order valence-corrected chi connectivity index (χ2v) is 20.0. The van der Waals surface area contributed by atoms with Crippen LogP contribution in [0, 0.1) is 57.3 Å². The predicted molar refractivity (Wildman–Crippen MR) is 282 cm³/mol. The first-order chi connectivity index (χ1) is 32.7. The maximum atomic E-state index is 9.75. The van der Waals surface area contributed by atoms with Crippen LogP contribution >= 0.6 is 15.8 Å². The molecule has 2 fully saturated rings. The molecule has 0 bridgehead atoms. The molecule has 0 amide bonds. The molecule has 0 nitrogen and oxygen atoms in total. The van der Waals surface area contributed by atoms with Gasteiger partial charge >= 0.3 is 26.7 Å². The smallest absolute Gasteiger partial charge is 0.418 e. The molecule has 9 radical (unpaired) electrons. The summed E-state index contributed by atoms with van der Waals surface area (Å²) in [5.41, 5.74) is 2.80. The van der Waals surface area contributed by atoms with Gasteiger partial charge in [-0.25, -0.2) is 0 Å². The third-order valence-corrected chi connectivity index (χ3v) is 15.6. The Labute approximate surface area is 419 Å². The Bertz CT molecular complexity index is 2140. The quantitative estimate of drug-likeness (QED) is 0.0808. The summed E-state index contributed by atoms with van der Waals surface area (Å²) in [6.07, 6.45) is 18.0. The fourth-order valence-electron chi connectivity index (χ4n) is 7.80. The number of rotatable bonds is 8. The van der Waals surface area contributed by atoms with Gasteiger partial charge in [-0.2, -0.15) is 0 Å². The average Bonchev–Trinajstić information content (AvgIpc) is 3.98. The van der Waals surface area contributed by atoms with E-state index in [4.69, 9.17) is 0 Å². The molecule has 0 saturated heterocycles. The molecule has 68 heavy (non-hydrogen) atoms. The van der Waals surface area contributed by atoms with Crippen molar-refractivity contribution < 1.29 is 36.7 Å². The van der Waals surface area contributed by atoms with Gasteiger partial charge < -0.3 is 17.3 Å². The van der Waals surface area contributed by atoms with Gasteiger partial charge in [-0.05, 0) is 123 Å². The fraction of sp³-hybridized carbons (Fsp3) is 0.0667. The van der Waals surface area contributed by atoms with Gasteiger partial charge in [-0.1, -0.05) is 250 Å². The third kappa shape index (κ3) is 17.5. The zero-order valence-electron chi connectivity index (χ0n) is 37.8. The van der Waals surface area contributed by atoms with Gasteiger partial charge in [0.05, 0.1) is 0 Å². The Kier molecular flexibility index (Phi) is 23.1. The van der Waals surface area contributed by atoms with Gasteiger partial charge in [0.1, 0.15) is 0 Å². The van der Waals surface area contributed by atoms with E-state index in [0.29, 0.717) is 5.92 Å². The van der Waals surface area contributed by atoms with E-state index in [2.05, 4.69) is 269 Å². The molecule has 0 aromatic heterocycles. The minimum Gasteiger partial charge on any atom is -0.418 e. The van der Waals surface area contributed by atoms with E-state index < -0.39 is 23.1 Å². The van der Waals surface area contributed by atoms with Crippen molar-refractivity contribution in [2.45, 2.75) is 18.8 Å². The van der Waals surface area contributed by atoms with E-state index in [1.807, 2.05) is 32.1 Å². The van der Waals surface area contributed by atoms with Crippen LogP contribution < -0.4 is 31.8 Å². The van der Waals surface area contributed by atoms with Crippen molar-refractivity contribution in [2.75, 3.05) is 0 Å². The summed E-state index contributed by atoms with van der Waals surface area (Å²) in [6, 6.07) is 86.4. The molecule has 341 valence electrons. The largest absolute Gasteiger partial charge is 3.00 e. The van der Waals surface area contributed by atoms with Crippen LogP contribution in [0.4, 0.5) is 17.3 Å². The van der Waals surface area contributed by atoms with Gasteiger partial charge in [0.25, 0.3) is 0 Å². The van der Waals surface area contributed by atoms with Gasteiger partial charge in [-0.15, -0.1) is 0 Å². The van der Waals surface area contributed by atoms with Crippen LogP contribution in [0.3, 0.4) is 0 Å². The summed E-state index contributed by atoms with van der Waals surface area (Å²) in [5.74, 6) is 0.602.